The number of hydrogen-bond acceptors (Lipinski definition) is 4. The van der Waals surface area contributed by atoms with Crippen LogP contribution in [0.1, 0.15) is 0 Å². The van der Waals surface area contributed by atoms with E-state index in [0.29, 0.717) is 10.2 Å². The number of benzene rings is 1. The van der Waals surface area contributed by atoms with E-state index in [4.69, 9.17) is 9.47 Å². The minimum Gasteiger partial charge on any atom is -0.497 e. The van der Waals surface area contributed by atoms with Gasteiger partial charge in [0.15, 0.2) is 0 Å². The summed E-state index contributed by atoms with van der Waals surface area (Å²) in [6.45, 7) is 3.66. The third-order valence-electron chi connectivity index (χ3n) is 2.11. The largest absolute Gasteiger partial charge is 0.497 e. The zero-order chi connectivity index (χ0) is 13.8. The van der Waals surface area contributed by atoms with E-state index in [0.717, 1.165) is 0 Å². The van der Waals surface area contributed by atoms with E-state index >= 15 is 0 Å². The van der Waals surface area contributed by atoms with Gasteiger partial charge in [-0.25, -0.2) is 13.1 Å². The fourth-order valence-corrected chi connectivity index (χ4v) is 2.78. The highest BCUT2D eigenvalue weighted by Crippen LogP contribution is 2.28. The van der Waals surface area contributed by atoms with Crippen molar-refractivity contribution in [1.82, 2.24) is 4.72 Å². The first-order valence-electron chi connectivity index (χ1n) is 4.95. The van der Waals surface area contributed by atoms with Crippen LogP contribution in [0.5, 0.6) is 11.5 Å². The van der Waals surface area contributed by atoms with Crippen LogP contribution in [0.15, 0.2) is 34.2 Å². The van der Waals surface area contributed by atoms with Crippen molar-refractivity contribution in [1.29, 1.82) is 0 Å². The van der Waals surface area contributed by atoms with Crippen LogP contribution in [0.3, 0.4) is 0 Å². The van der Waals surface area contributed by atoms with Crippen molar-refractivity contribution in [3.05, 3.63) is 29.3 Å². The van der Waals surface area contributed by atoms with Crippen LogP contribution >= 0.6 is 15.9 Å². The predicted molar refractivity (Wildman–Crippen MR) is 72.8 cm³/mol. The number of rotatable bonds is 6. The molecule has 0 aromatic heterocycles. The zero-order valence-corrected chi connectivity index (χ0v) is 12.5. The Morgan fingerprint density at radius 1 is 1.39 bits per heavy atom. The maximum absolute atomic E-state index is 12.1. The van der Waals surface area contributed by atoms with Gasteiger partial charge in [0.05, 0.1) is 14.2 Å². The van der Waals surface area contributed by atoms with Crippen molar-refractivity contribution in [3.63, 3.8) is 0 Å². The highest BCUT2D eigenvalue weighted by molar-refractivity contribution is 9.11. The summed E-state index contributed by atoms with van der Waals surface area (Å²) in [5.74, 6) is 0.692. The Hall–Kier alpha value is -1.05. The van der Waals surface area contributed by atoms with Gasteiger partial charge in [0.25, 0.3) is 0 Å². The Balaban J connectivity index is 3.16. The van der Waals surface area contributed by atoms with Gasteiger partial charge >= 0.3 is 0 Å². The van der Waals surface area contributed by atoms with Gasteiger partial charge in [0.1, 0.15) is 16.4 Å². The van der Waals surface area contributed by atoms with E-state index < -0.39 is 10.0 Å². The van der Waals surface area contributed by atoms with Crippen molar-refractivity contribution in [3.8, 4) is 11.5 Å². The standard InChI is InChI=1S/C11H14BrNO4S/c1-8(12)7-13-18(14,15)11-6-9(16-2)4-5-10(11)17-3/h4-6,13H,1,7H2,2-3H3. The van der Waals surface area contributed by atoms with E-state index in [2.05, 4.69) is 27.2 Å². The minimum atomic E-state index is -3.68. The molecule has 7 heteroatoms. The molecule has 0 aliphatic heterocycles. The SMILES string of the molecule is C=C(Br)CNS(=O)(=O)c1cc(OC)ccc1OC. The van der Waals surface area contributed by atoms with Crippen molar-refractivity contribution >= 4 is 26.0 Å². The van der Waals surface area contributed by atoms with E-state index in [-0.39, 0.29) is 17.2 Å². The summed E-state index contributed by atoms with van der Waals surface area (Å²) in [6.07, 6.45) is 0. The lowest BCUT2D eigenvalue weighted by Crippen LogP contribution is -2.25. The second kappa shape index (κ2) is 6.21. The van der Waals surface area contributed by atoms with Gasteiger partial charge in [-0.05, 0) is 12.1 Å². The molecule has 1 aromatic rings. The quantitative estimate of drug-likeness (QED) is 0.862. The molecule has 0 heterocycles. The van der Waals surface area contributed by atoms with Crippen LogP contribution < -0.4 is 14.2 Å². The maximum Gasteiger partial charge on any atom is 0.244 e. The molecule has 0 bridgehead atoms. The third-order valence-corrected chi connectivity index (χ3v) is 3.82. The Labute approximate surface area is 115 Å². The Morgan fingerprint density at radius 2 is 2.06 bits per heavy atom. The normalized spacial score (nSPS) is 11.1. The monoisotopic (exact) mass is 335 g/mol. The molecule has 1 N–H and O–H groups in total. The number of methoxy groups -OCH3 is 2. The molecule has 0 spiro atoms. The smallest absolute Gasteiger partial charge is 0.244 e. The fourth-order valence-electron chi connectivity index (χ4n) is 1.25. The predicted octanol–water partition coefficient (Wildman–Crippen LogP) is 1.89. The average molecular weight is 336 g/mol. The Kier molecular flexibility index (Phi) is 5.18. The molecule has 0 radical (unpaired) electrons. The second-order valence-corrected chi connectivity index (χ2v) is 6.22. The van der Waals surface area contributed by atoms with Gasteiger partial charge in [-0.15, -0.1) is 0 Å². The highest BCUT2D eigenvalue weighted by atomic mass is 79.9. The van der Waals surface area contributed by atoms with Crippen molar-refractivity contribution in [2.75, 3.05) is 20.8 Å². The molecule has 0 atom stereocenters. The summed E-state index contributed by atoms with van der Waals surface area (Å²) < 4.78 is 37.1. The first kappa shape index (κ1) is 15.0. The molecule has 0 saturated carbocycles. The van der Waals surface area contributed by atoms with Crippen molar-refractivity contribution in [2.45, 2.75) is 4.90 Å². The molecule has 0 saturated heterocycles. The van der Waals surface area contributed by atoms with Crippen LogP contribution in [0.25, 0.3) is 0 Å². The van der Waals surface area contributed by atoms with Crippen molar-refractivity contribution < 1.29 is 17.9 Å². The minimum absolute atomic E-state index is 0.0260. The molecule has 0 amide bonds. The fraction of sp³-hybridized carbons (Fsp3) is 0.273. The molecule has 0 fully saturated rings. The Morgan fingerprint density at radius 3 is 2.56 bits per heavy atom. The Bertz CT molecular complexity index is 542. The van der Waals surface area contributed by atoms with Crippen LogP contribution in [0.2, 0.25) is 0 Å². The van der Waals surface area contributed by atoms with E-state index in [1.807, 2.05) is 0 Å². The van der Waals surface area contributed by atoms with Crippen molar-refractivity contribution in [2.24, 2.45) is 0 Å². The van der Waals surface area contributed by atoms with E-state index in [1.54, 1.807) is 6.07 Å². The summed E-state index contributed by atoms with van der Waals surface area (Å²) in [4.78, 5) is 0.0260. The van der Waals surface area contributed by atoms with E-state index in [9.17, 15) is 8.42 Å². The second-order valence-electron chi connectivity index (χ2n) is 3.36. The number of nitrogens with one attached hydrogen (secondary N) is 1. The van der Waals surface area contributed by atoms with Crippen LogP contribution in [0.4, 0.5) is 0 Å². The molecule has 1 aromatic carbocycles. The lowest BCUT2D eigenvalue weighted by Gasteiger charge is -2.11. The van der Waals surface area contributed by atoms with Gasteiger partial charge in [-0.2, -0.15) is 0 Å². The summed E-state index contributed by atoms with van der Waals surface area (Å²) >= 11 is 3.09. The van der Waals surface area contributed by atoms with Crippen LogP contribution in [-0.2, 0) is 10.0 Å². The van der Waals surface area contributed by atoms with Gasteiger partial charge in [-0.1, -0.05) is 22.5 Å². The first-order valence-corrected chi connectivity index (χ1v) is 7.23. The lowest BCUT2D eigenvalue weighted by atomic mass is 10.3. The zero-order valence-electron chi connectivity index (χ0n) is 10.1. The maximum atomic E-state index is 12.1. The summed E-state index contributed by atoms with van der Waals surface area (Å²) in [5.41, 5.74) is 0. The van der Waals surface area contributed by atoms with Gasteiger partial charge in [0.2, 0.25) is 10.0 Å². The highest BCUT2D eigenvalue weighted by Gasteiger charge is 2.20. The van der Waals surface area contributed by atoms with Gasteiger partial charge in [-0.3, -0.25) is 0 Å². The van der Waals surface area contributed by atoms with E-state index in [1.165, 1.54) is 26.4 Å². The molecule has 0 unspecified atom stereocenters. The summed E-state index contributed by atoms with van der Waals surface area (Å²) in [6, 6.07) is 4.57. The number of ether oxygens (including phenoxy) is 2. The summed E-state index contributed by atoms with van der Waals surface area (Å²) in [5, 5.41) is 0. The lowest BCUT2D eigenvalue weighted by molar-refractivity contribution is 0.392. The molecule has 0 aliphatic carbocycles. The summed E-state index contributed by atoms with van der Waals surface area (Å²) in [7, 11) is -0.805. The first-order chi connectivity index (χ1) is 8.40. The molecule has 0 aliphatic rings. The van der Waals surface area contributed by atoms with Gasteiger partial charge < -0.3 is 9.47 Å². The number of halogens is 1. The molecule has 18 heavy (non-hydrogen) atoms. The van der Waals surface area contributed by atoms with Crippen LogP contribution in [0, 0.1) is 0 Å². The van der Waals surface area contributed by atoms with Gasteiger partial charge in [0, 0.05) is 17.1 Å². The molecular formula is C11H14BrNO4S. The topological polar surface area (TPSA) is 64.6 Å². The molecule has 100 valence electrons. The number of hydrogen-bond donors (Lipinski definition) is 1. The molecular weight excluding hydrogens is 322 g/mol. The average Bonchev–Trinajstić information content (AvgIpc) is 2.35. The molecule has 1 rings (SSSR count). The molecule has 5 nitrogen and oxygen atoms in total. The number of sulfonamides is 1. The van der Waals surface area contributed by atoms with Crippen LogP contribution in [-0.4, -0.2) is 29.2 Å². The third kappa shape index (κ3) is 3.72.